The highest BCUT2D eigenvalue weighted by molar-refractivity contribution is 9.10. The first kappa shape index (κ1) is 16.9. The molecule has 0 spiro atoms. The lowest BCUT2D eigenvalue weighted by Crippen LogP contribution is -2.29. The Morgan fingerprint density at radius 3 is 2.68 bits per heavy atom. The molecule has 0 fully saturated rings. The molecule has 0 saturated carbocycles. The van der Waals surface area contributed by atoms with E-state index in [1.165, 1.54) is 12.1 Å². The Hall–Kier alpha value is -1.44. The molecule has 0 aliphatic heterocycles. The van der Waals surface area contributed by atoms with Crippen molar-refractivity contribution in [1.29, 1.82) is 0 Å². The number of benzene rings is 2. The molecule has 0 bridgehead atoms. The fourth-order valence-electron chi connectivity index (χ4n) is 1.82. The zero-order chi connectivity index (χ0) is 16.2. The van der Waals surface area contributed by atoms with Crippen LogP contribution in [0, 0.1) is 12.7 Å². The molecule has 0 unspecified atom stereocenters. The van der Waals surface area contributed by atoms with E-state index < -0.39 is 20.7 Å². The van der Waals surface area contributed by atoms with Crippen molar-refractivity contribution in [1.82, 2.24) is 4.72 Å². The van der Waals surface area contributed by atoms with E-state index in [0.717, 1.165) is 11.6 Å². The second-order valence-electron chi connectivity index (χ2n) is 4.59. The summed E-state index contributed by atoms with van der Waals surface area (Å²) in [6, 6.07) is 11.2. The smallest absolute Gasteiger partial charge is 0.243 e. The minimum atomic E-state index is -3.91. The van der Waals surface area contributed by atoms with Gasteiger partial charge in [-0.25, -0.2) is 17.5 Å². The fraction of sp³-hybridized carbons (Fsp3) is 0.200. The van der Waals surface area contributed by atoms with Crippen LogP contribution in [-0.2, 0) is 10.0 Å². The molecule has 0 aromatic heterocycles. The molecule has 7 heteroatoms. The molecule has 0 radical (unpaired) electrons. The second-order valence-corrected chi connectivity index (χ2v) is 7.24. The summed E-state index contributed by atoms with van der Waals surface area (Å²) in [7, 11) is -3.91. The normalized spacial score (nSPS) is 11.4. The number of ether oxygens (including phenoxy) is 1. The molecule has 22 heavy (non-hydrogen) atoms. The third kappa shape index (κ3) is 4.28. The molecule has 0 aliphatic rings. The fourth-order valence-corrected chi connectivity index (χ4v) is 3.44. The van der Waals surface area contributed by atoms with Crippen molar-refractivity contribution in [3.8, 4) is 5.75 Å². The Morgan fingerprint density at radius 2 is 1.95 bits per heavy atom. The summed E-state index contributed by atoms with van der Waals surface area (Å²) in [4.78, 5) is -0.391. The number of hydrogen-bond donors (Lipinski definition) is 1. The van der Waals surface area contributed by atoms with Crippen LogP contribution in [0.3, 0.4) is 0 Å². The summed E-state index contributed by atoms with van der Waals surface area (Å²) in [5.41, 5.74) is 0.961. The molecule has 2 aromatic carbocycles. The number of hydrogen-bond acceptors (Lipinski definition) is 3. The van der Waals surface area contributed by atoms with Crippen LogP contribution in [0.25, 0.3) is 0 Å². The summed E-state index contributed by atoms with van der Waals surface area (Å²) in [6.07, 6.45) is 0. The summed E-state index contributed by atoms with van der Waals surface area (Å²) in [5, 5.41) is 0. The van der Waals surface area contributed by atoms with Crippen LogP contribution < -0.4 is 9.46 Å². The summed E-state index contributed by atoms with van der Waals surface area (Å²) >= 11 is 3.13. The van der Waals surface area contributed by atoms with E-state index in [0.29, 0.717) is 10.2 Å². The quantitative estimate of drug-likeness (QED) is 0.773. The van der Waals surface area contributed by atoms with Crippen molar-refractivity contribution in [2.45, 2.75) is 11.8 Å². The lowest BCUT2D eigenvalue weighted by Gasteiger charge is -2.10. The Morgan fingerprint density at radius 1 is 1.23 bits per heavy atom. The number of aryl methyl sites for hydroxylation is 1. The third-order valence-corrected chi connectivity index (χ3v) is 4.90. The lowest BCUT2D eigenvalue weighted by atomic mass is 10.2. The van der Waals surface area contributed by atoms with Crippen LogP contribution in [0.15, 0.2) is 51.8 Å². The van der Waals surface area contributed by atoms with Crippen molar-refractivity contribution in [2.75, 3.05) is 13.2 Å². The Bertz CT molecular complexity index is 765. The molecule has 4 nitrogen and oxygen atoms in total. The molecule has 0 amide bonds. The van der Waals surface area contributed by atoms with Crippen molar-refractivity contribution in [3.05, 3.63) is 58.3 Å². The zero-order valence-corrected chi connectivity index (χ0v) is 14.2. The summed E-state index contributed by atoms with van der Waals surface area (Å²) < 4.78 is 46.0. The predicted octanol–water partition coefficient (Wildman–Crippen LogP) is 3.25. The number of sulfonamides is 1. The molecule has 1 N–H and O–H groups in total. The van der Waals surface area contributed by atoms with Crippen LogP contribution >= 0.6 is 15.9 Å². The molecule has 0 heterocycles. The minimum Gasteiger partial charge on any atom is -0.492 e. The largest absolute Gasteiger partial charge is 0.492 e. The Labute approximate surface area is 137 Å². The van der Waals surface area contributed by atoms with Gasteiger partial charge in [0.1, 0.15) is 23.1 Å². The van der Waals surface area contributed by atoms with Crippen LogP contribution in [-0.4, -0.2) is 21.6 Å². The van der Waals surface area contributed by atoms with Gasteiger partial charge in [0.05, 0.1) is 0 Å². The number of rotatable bonds is 6. The van der Waals surface area contributed by atoms with Gasteiger partial charge in [-0.2, -0.15) is 0 Å². The highest BCUT2D eigenvalue weighted by Gasteiger charge is 2.18. The Kier molecular flexibility index (Phi) is 5.55. The first-order valence-electron chi connectivity index (χ1n) is 6.53. The van der Waals surface area contributed by atoms with Gasteiger partial charge in [0.15, 0.2) is 0 Å². The van der Waals surface area contributed by atoms with E-state index in [1.54, 1.807) is 6.07 Å². The highest BCUT2D eigenvalue weighted by Crippen LogP contribution is 2.20. The minimum absolute atomic E-state index is 0.0443. The summed E-state index contributed by atoms with van der Waals surface area (Å²) in [5.74, 6) is -0.106. The van der Waals surface area contributed by atoms with Gasteiger partial charge in [-0.15, -0.1) is 0 Å². The maximum absolute atomic E-state index is 13.6. The Balaban J connectivity index is 1.96. The molecule has 2 rings (SSSR count). The van der Waals surface area contributed by atoms with Gasteiger partial charge < -0.3 is 4.74 Å². The van der Waals surface area contributed by atoms with Crippen molar-refractivity contribution < 1.29 is 17.5 Å². The van der Waals surface area contributed by atoms with Crippen LogP contribution in [0.1, 0.15) is 5.56 Å². The average molecular weight is 388 g/mol. The maximum Gasteiger partial charge on any atom is 0.243 e. The molecule has 0 atom stereocenters. The summed E-state index contributed by atoms with van der Waals surface area (Å²) in [6.45, 7) is 2.10. The van der Waals surface area contributed by atoms with Gasteiger partial charge in [0, 0.05) is 11.0 Å². The number of nitrogens with one attached hydrogen (secondary N) is 1. The first-order chi connectivity index (χ1) is 10.4. The molecule has 2 aromatic rings. The first-order valence-corrected chi connectivity index (χ1v) is 8.81. The average Bonchev–Trinajstić information content (AvgIpc) is 2.48. The SMILES string of the molecule is Cc1ccccc1OCCNS(=O)(=O)c1cc(Br)ccc1F. The van der Waals surface area contributed by atoms with Gasteiger partial charge in [0.25, 0.3) is 0 Å². The predicted molar refractivity (Wildman–Crippen MR) is 86.0 cm³/mol. The third-order valence-electron chi connectivity index (χ3n) is 2.93. The van der Waals surface area contributed by atoms with Crippen molar-refractivity contribution >= 4 is 26.0 Å². The van der Waals surface area contributed by atoms with Gasteiger partial charge in [0.2, 0.25) is 10.0 Å². The molecular formula is C15H15BrFNO3S. The van der Waals surface area contributed by atoms with E-state index in [2.05, 4.69) is 20.7 Å². The van der Waals surface area contributed by atoms with Crippen LogP contribution in [0.4, 0.5) is 4.39 Å². The monoisotopic (exact) mass is 387 g/mol. The van der Waals surface area contributed by atoms with Crippen molar-refractivity contribution in [2.24, 2.45) is 0 Å². The molecule has 0 aliphatic carbocycles. The lowest BCUT2D eigenvalue weighted by molar-refractivity contribution is 0.320. The molecule has 0 saturated heterocycles. The van der Waals surface area contributed by atoms with Gasteiger partial charge in [-0.1, -0.05) is 34.1 Å². The molecule has 118 valence electrons. The van der Waals surface area contributed by atoms with Crippen molar-refractivity contribution in [3.63, 3.8) is 0 Å². The maximum atomic E-state index is 13.6. The zero-order valence-electron chi connectivity index (χ0n) is 11.8. The number of halogens is 2. The van der Waals surface area contributed by atoms with E-state index in [4.69, 9.17) is 4.74 Å². The van der Waals surface area contributed by atoms with E-state index in [9.17, 15) is 12.8 Å². The topological polar surface area (TPSA) is 55.4 Å². The van der Waals surface area contributed by atoms with Gasteiger partial charge in [-0.05, 0) is 36.8 Å². The van der Waals surface area contributed by atoms with E-state index in [-0.39, 0.29) is 13.2 Å². The van der Waals surface area contributed by atoms with E-state index in [1.807, 2.05) is 25.1 Å². The van der Waals surface area contributed by atoms with E-state index >= 15 is 0 Å². The van der Waals surface area contributed by atoms with Crippen LogP contribution in [0.2, 0.25) is 0 Å². The van der Waals surface area contributed by atoms with Crippen LogP contribution in [0.5, 0.6) is 5.75 Å². The van der Waals surface area contributed by atoms with Gasteiger partial charge >= 0.3 is 0 Å². The number of para-hydroxylation sites is 1. The highest BCUT2D eigenvalue weighted by atomic mass is 79.9. The second kappa shape index (κ2) is 7.21. The standard InChI is InChI=1S/C15H15BrFNO3S/c1-11-4-2-3-5-14(11)21-9-8-18-22(19,20)15-10-12(16)6-7-13(15)17/h2-7,10,18H,8-9H2,1H3. The molecular weight excluding hydrogens is 373 g/mol. The van der Waals surface area contributed by atoms with Gasteiger partial charge in [-0.3, -0.25) is 0 Å².